The fourth-order valence-corrected chi connectivity index (χ4v) is 1.78. The van der Waals surface area contributed by atoms with E-state index in [1.807, 2.05) is 25.2 Å². The number of carbonyl (C=O) groups is 1. The summed E-state index contributed by atoms with van der Waals surface area (Å²) in [5.74, 6) is 0.120. The van der Waals surface area contributed by atoms with Crippen LogP contribution in [0, 0.1) is 0 Å². The van der Waals surface area contributed by atoms with Crippen molar-refractivity contribution in [3.8, 4) is 0 Å². The number of hydrogen-bond acceptors (Lipinski definition) is 2. The molecule has 3 heteroatoms. The van der Waals surface area contributed by atoms with E-state index in [0.29, 0.717) is 6.54 Å². The number of hydrogen-bond donors (Lipinski definition) is 1. The molecule has 0 saturated carbocycles. The van der Waals surface area contributed by atoms with E-state index in [0.717, 1.165) is 29.7 Å². The smallest absolute Gasteiger partial charge is 0.253 e. The van der Waals surface area contributed by atoms with Gasteiger partial charge in [0.05, 0.1) is 0 Å². The third-order valence-electron chi connectivity index (χ3n) is 2.70. The highest BCUT2D eigenvalue weighted by Gasteiger charge is 2.20. The van der Waals surface area contributed by atoms with Gasteiger partial charge in [0.2, 0.25) is 0 Å². The summed E-state index contributed by atoms with van der Waals surface area (Å²) in [6.07, 6.45) is 0.936. The van der Waals surface area contributed by atoms with Crippen molar-refractivity contribution in [3.05, 3.63) is 34.9 Å². The largest absolute Gasteiger partial charge is 0.341 e. The van der Waals surface area contributed by atoms with E-state index in [9.17, 15) is 4.79 Å². The van der Waals surface area contributed by atoms with Gasteiger partial charge >= 0.3 is 0 Å². The minimum Gasteiger partial charge on any atom is -0.341 e. The second kappa shape index (κ2) is 3.42. The second-order valence-corrected chi connectivity index (χ2v) is 3.67. The van der Waals surface area contributed by atoms with Gasteiger partial charge in [-0.25, -0.2) is 0 Å². The van der Waals surface area contributed by atoms with Gasteiger partial charge in [-0.2, -0.15) is 0 Å². The van der Waals surface area contributed by atoms with E-state index < -0.39 is 0 Å². The van der Waals surface area contributed by atoms with E-state index in [2.05, 4.69) is 0 Å². The van der Waals surface area contributed by atoms with Crippen LogP contribution in [-0.2, 0) is 13.0 Å². The van der Waals surface area contributed by atoms with Crippen LogP contribution in [0.25, 0.3) is 0 Å². The molecule has 0 fully saturated rings. The molecular weight excluding hydrogens is 176 g/mol. The molecule has 1 aromatic rings. The molecule has 74 valence electrons. The number of likely N-dealkylation sites (N-methyl/N-ethyl adjacent to an activating group) is 1. The number of benzene rings is 1. The number of fused-ring (bicyclic) bond motifs is 1. The average molecular weight is 190 g/mol. The Kier molecular flexibility index (Phi) is 2.25. The maximum Gasteiger partial charge on any atom is 0.253 e. The highest BCUT2D eigenvalue weighted by atomic mass is 16.2. The van der Waals surface area contributed by atoms with Gasteiger partial charge in [-0.15, -0.1) is 0 Å². The molecule has 1 aliphatic heterocycles. The van der Waals surface area contributed by atoms with Crippen molar-refractivity contribution >= 4 is 5.91 Å². The van der Waals surface area contributed by atoms with Crippen molar-refractivity contribution in [1.29, 1.82) is 0 Å². The van der Waals surface area contributed by atoms with Gasteiger partial charge in [0, 0.05) is 25.7 Å². The molecule has 1 aromatic carbocycles. The van der Waals surface area contributed by atoms with Crippen molar-refractivity contribution in [2.45, 2.75) is 13.0 Å². The van der Waals surface area contributed by atoms with Gasteiger partial charge in [-0.1, -0.05) is 12.1 Å². The lowest BCUT2D eigenvalue weighted by atomic mass is 9.97. The first-order valence-corrected chi connectivity index (χ1v) is 4.79. The molecule has 2 rings (SSSR count). The van der Waals surface area contributed by atoms with Gasteiger partial charge in [0.25, 0.3) is 5.91 Å². The quantitative estimate of drug-likeness (QED) is 0.711. The predicted molar refractivity (Wildman–Crippen MR) is 55.0 cm³/mol. The Labute approximate surface area is 83.5 Å². The Hall–Kier alpha value is -1.35. The molecule has 0 aromatic heterocycles. The fraction of sp³-hybridized carbons (Fsp3) is 0.364. The zero-order valence-corrected chi connectivity index (χ0v) is 8.29. The lowest BCUT2D eigenvalue weighted by Crippen LogP contribution is -2.34. The number of amides is 1. The molecule has 0 spiro atoms. The van der Waals surface area contributed by atoms with Crippen molar-refractivity contribution in [2.24, 2.45) is 5.73 Å². The van der Waals surface area contributed by atoms with Gasteiger partial charge in [-0.05, 0) is 23.6 Å². The summed E-state index contributed by atoms with van der Waals surface area (Å²) >= 11 is 0. The van der Waals surface area contributed by atoms with E-state index >= 15 is 0 Å². The Bertz CT molecular complexity index is 374. The summed E-state index contributed by atoms with van der Waals surface area (Å²) in [6.45, 7) is 1.34. The first-order chi connectivity index (χ1) is 6.72. The van der Waals surface area contributed by atoms with Crippen molar-refractivity contribution in [3.63, 3.8) is 0 Å². The van der Waals surface area contributed by atoms with Crippen molar-refractivity contribution in [2.75, 3.05) is 13.6 Å². The van der Waals surface area contributed by atoms with Crippen LogP contribution in [0.15, 0.2) is 18.2 Å². The van der Waals surface area contributed by atoms with Gasteiger partial charge in [-0.3, -0.25) is 4.79 Å². The molecule has 0 bridgehead atoms. The summed E-state index contributed by atoms with van der Waals surface area (Å²) in [7, 11) is 1.84. The third kappa shape index (κ3) is 1.40. The Balaban J connectivity index is 2.44. The minimum atomic E-state index is 0.120. The molecule has 2 N–H and O–H groups in total. The summed E-state index contributed by atoms with van der Waals surface area (Å²) in [6, 6.07) is 5.85. The monoisotopic (exact) mass is 190 g/mol. The maximum atomic E-state index is 11.7. The molecule has 1 heterocycles. The van der Waals surface area contributed by atoms with Crippen LogP contribution < -0.4 is 5.73 Å². The van der Waals surface area contributed by atoms with Crippen LogP contribution in [0.5, 0.6) is 0 Å². The molecule has 0 aliphatic carbocycles. The summed E-state index contributed by atoms with van der Waals surface area (Å²) in [5.41, 5.74) is 8.61. The molecular formula is C11H14N2O. The van der Waals surface area contributed by atoms with Crippen LogP contribution >= 0.6 is 0 Å². The predicted octanol–water partition coefficient (Wildman–Crippen LogP) is 0.773. The van der Waals surface area contributed by atoms with Crippen LogP contribution in [0.4, 0.5) is 0 Å². The van der Waals surface area contributed by atoms with Gasteiger partial charge < -0.3 is 10.6 Å². The lowest BCUT2D eigenvalue weighted by molar-refractivity contribution is 0.0781. The van der Waals surface area contributed by atoms with Crippen molar-refractivity contribution < 1.29 is 4.79 Å². The second-order valence-electron chi connectivity index (χ2n) is 3.67. The van der Waals surface area contributed by atoms with Crippen LogP contribution in [0.3, 0.4) is 0 Å². The summed E-state index contributed by atoms with van der Waals surface area (Å²) < 4.78 is 0. The summed E-state index contributed by atoms with van der Waals surface area (Å²) in [4.78, 5) is 13.5. The molecule has 0 radical (unpaired) electrons. The van der Waals surface area contributed by atoms with Gasteiger partial charge in [0.15, 0.2) is 0 Å². The van der Waals surface area contributed by atoms with E-state index in [1.165, 1.54) is 0 Å². The third-order valence-corrected chi connectivity index (χ3v) is 2.70. The number of nitrogens with two attached hydrogens (primary N) is 1. The topological polar surface area (TPSA) is 46.3 Å². The number of nitrogens with zero attached hydrogens (tertiary/aromatic N) is 1. The zero-order chi connectivity index (χ0) is 10.1. The fourth-order valence-electron chi connectivity index (χ4n) is 1.78. The molecule has 1 aliphatic rings. The van der Waals surface area contributed by atoms with Crippen LogP contribution in [-0.4, -0.2) is 24.4 Å². The maximum absolute atomic E-state index is 11.7. The Morgan fingerprint density at radius 1 is 1.50 bits per heavy atom. The molecule has 0 atom stereocenters. The standard InChI is InChI=1S/C11H14N2O/c1-13-5-4-9-6-8(7-12)2-3-10(9)11(13)14/h2-3,6H,4-5,7,12H2,1H3. The molecule has 14 heavy (non-hydrogen) atoms. The summed E-state index contributed by atoms with van der Waals surface area (Å²) in [5, 5.41) is 0. The van der Waals surface area contributed by atoms with Gasteiger partial charge in [0.1, 0.15) is 0 Å². The molecule has 1 amide bonds. The first-order valence-electron chi connectivity index (χ1n) is 4.79. The number of rotatable bonds is 1. The highest BCUT2D eigenvalue weighted by Crippen LogP contribution is 2.19. The van der Waals surface area contributed by atoms with E-state index in [1.54, 1.807) is 4.90 Å². The van der Waals surface area contributed by atoms with Crippen LogP contribution in [0.1, 0.15) is 21.5 Å². The number of carbonyl (C=O) groups excluding carboxylic acids is 1. The average Bonchev–Trinajstić information content (AvgIpc) is 2.23. The van der Waals surface area contributed by atoms with E-state index in [4.69, 9.17) is 5.73 Å². The SMILES string of the molecule is CN1CCc2cc(CN)ccc2C1=O. The zero-order valence-electron chi connectivity index (χ0n) is 8.29. The van der Waals surface area contributed by atoms with Crippen LogP contribution in [0.2, 0.25) is 0 Å². The minimum absolute atomic E-state index is 0.120. The Morgan fingerprint density at radius 2 is 2.29 bits per heavy atom. The lowest BCUT2D eigenvalue weighted by Gasteiger charge is -2.25. The Morgan fingerprint density at radius 3 is 3.00 bits per heavy atom. The highest BCUT2D eigenvalue weighted by molar-refractivity contribution is 5.96. The van der Waals surface area contributed by atoms with E-state index in [-0.39, 0.29) is 5.91 Å². The molecule has 3 nitrogen and oxygen atoms in total. The van der Waals surface area contributed by atoms with Crippen molar-refractivity contribution in [1.82, 2.24) is 4.90 Å². The molecule has 0 unspecified atom stereocenters. The molecule has 0 saturated heterocycles. The first kappa shape index (κ1) is 9.21. The normalized spacial score (nSPS) is 15.6.